The van der Waals surface area contributed by atoms with Crippen molar-refractivity contribution in [3.63, 3.8) is 0 Å². The molecule has 1 N–H and O–H groups in total. The van der Waals surface area contributed by atoms with Crippen LogP contribution in [0.25, 0.3) is 5.69 Å². The summed E-state index contributed by atoms with van der Waals surface area (Å²) in [5.74, 6) is 0.814. The number of benzene rings is 1. The van der Waals surface area contributed by atoms with E-state index in [0.29, 0.717) is 12.1 Å². The van der Waals surface area contributed by atoms with E-state index in [2.05, 4.69) is 34.6 Å². The van der Waals surface area contributed by atoms with Crippen molar-refractivity contribution in [3.8, 4) is 5.69 Å². The van der Waals surface area contributed by atoms with Crippen LogP contribution in [0, 0.1) is 5.92 Å². The average molecular weight is 283 g/mol. The van der Waals surface area contributed by atoms with Crippen LogP contribution in [0.15, 0.2) is 43.0 Å². The molecule has 1 saturated carbocycles. The molecule has 2 fully saturated rings. The molecule has 1 saturated heterocycles. The number of hydrogen-bond acceptors (Lipinski definition) is 3. The molecule has 0 amide bonds. The lowest BCUT2D eigenvalue weighted by molar-refractivity contribution is 0.0809. The van der Waals surface area contributed by atoms with E-state index >= 15 is 0 Å². The van der Waals surface area contributed by atoms with Crippen molar-refractivity contribution < 1.29 is 4.74 Å². The van der Waals surface area contributed by atoms with Gasteiger partial charge in [-0.2, -0.15) is 0 Å². The maximum Gasteiger partial charge on any atom is 0.0991 e. The molecule has 1 aliphatic heterocycles. The summed E-state index contributed by atoms with van der Waals surface area (Å²) in [5.41, 5.74) is 2.47. The second kappa shape index (κ2) is 5.62. The van der Waals surface area contributed by atoms with E-state index in [4.69, 9.17) is 4.74 Å². The first-order valence-electron chi connectivity index (χ1n) is 7.82. The number of imidazole rings is 1. The van der Waals surface area contributed by atoms with Crippen LogP contribution >= 0.6 is 0 Å². The summed E-state index contributed by atoms with van der Waals surface area (Å²) in [6.07, 6.45) is 9.88. The van der Waals surface area contributed by atoms with Crippen LogP contribution in [0.4, 0.5) is 0 Å². The lowest BCUT2D eigenvalue weighted by atomic mass is 10.1. The van der Waals surface area contributed by atoms with E-state index in [1.165, 1.54) is 18.4 Å². The van der Waals surface area contributed by atoms with Gasteiger partial charge in [-0.1, -0.05) is 12.1 Å². The van der Waals surface area contributed by atoms with Gasteiger partial charge in [-0.25, -0.2) is 4.98 Å². The van der Waals surface area contributed by atoms with Crippen molar-refractivity contribution in [1.82, 2.24) is 14.9 Å². The van der Waals surface area contributed by atoms with Crippen molar-refractivity contribution in [1.29, 1.82) is 0 Å². The molecule has 1 aliphatic carbocycles. The highest BCUT2D eigenvalue weighted by atomic mass is 16.5. The first-order valence-corrected chi connectivity index (χ1v) is 7.82. The minimum atomic E-state index is 0.454. The first kappa shape index (κ1) is 13.0. The van der Waals surface area contributed by atoms with Gasteiger partial charge in [-0.3, -0.25) is 0 Å². The van der Waals surface area contributed by atoms with Gasteiger partial charge < -0.3 is 14.6 Å². The highest BCUT2D eigenvalue weighted by Crippen LogP contribution is 2.38. The third kappa shape index (κ3) is 2.87. The summed E-state index contributed by atoms with van der Waals surface area (Å²) in [6, 6.07) is 9.18. The van der Waals surface area contributed by atoms with E-state index in [1.807, 2.05) is 17.1 Å². The number of hydrogen-bond donors (Lipinski definition) is 1. The summed E-state index contributed by atoms with van der Waals surface area (Å²) >= 11 is 0. The molecule has 2 aliphatic rings. The van der Waals surface area contributed by atoms with Crippen LogP contribution in [0.2, 0.25) is 0 Å². The second-order valence-corrected chi connectivity index (χ2v) is 6.09. The standard InChI is InChI=1S/C17H21N3O/c1-5-15(20-9-8-18-12-20)6-2-13(1)11-19-16-7-10-21-17(16)14-3-4-14/h1-2,5-6,8-9,12,14,16-17,19H,3-4,7,10-11H2. The molecule has 21 heavy (non-hydrogen) atoms. The number of ether oxygens (including phenoxy) is 1. The molecule has 2 heterocycles. The molecule has 1 aromatic heterocycles. The minimum absolute atomic E-state index is 0.454. The van der Waals surface area contributed by atoms with Crippen molar-refractivity contribution in [2.75, 3.05) is 6.61 Å². The fourth-order valence-corrected chi connectivity index (χ4v) is 3.17. The molecule has 0 radical (unpaired) electrons. The Hall–Kier alpha value is -1.65. The summed E-state index contributed by atoms with van der Waals surface area (Å²) < 4.78 is 7.89. The Bertz CT molecular complexity index is 575. The molecule has 2 atom stereocenters. The number of nitrogens with one attached hydrogen (secondary N) is 1. The van der Waals surface area contributed by atoms with Crippen LogP contribution in [0.5, 0.6) is 0 Å². The third-order valence-corrected chi connectivity index (χ3v) is 4.53. The van der Waals surface area contributed by atoms with Gasteiger partial charge in [0, 0.05) is 37.3 Å². The minimum Gasteiger partial charge on any atom is -0.376 e. The molecule has 0 spiro atoms. The predicted octanol–water partition coefficient (Wildman–Crippen LogP) is 2.53. The smallest absolute Gasteiger partial charge is 0.0991 e. The Morgan fingerprint density at radius 2 is 2.05 bits per heavy atom. The van der Waals surface area contributed by atoms with Crippen LogP contribution in [0.1, 0.15) is 24.8 Å². The Balaban J connectivity index is 1.36. The van der Waals surface area contributed by atoms with Crippen LogP contribution in [-0.4, -0.2) is 28.3 Å². The zero-order valence-corrected chi connectivity index (χ0v) is 12.1. The maximum atomic E-state index is 5.87. The quantitative estimate of drug-likeness (QED) is 0.916. The summed E-state index contributed by atoms with van der Waals surface area (Å²) in [7, 11) is 0. The summed E-state index contributed by atoms with van der Waals surface area (Å²) in [4.78, 5) is 4.08. The zero-order valence-electron chi connectivity index (χ0n) is 12.1. The molecule has 0 bridgehead atoms. The average Bonchev–Trinajstić information content (AvgIpc) is 3.04. The third-order valence-electron chi connectivity index (χ3n) is 4.53. The Labute approximate surface area is 125 Å². The molecule has 4 rings (SSSR count). The summed E-state index contributed by atoms with van der Waals surface area (Å²) in [5, 5.41) is 3.68. The van der Waals surface area contributed by atoms with Crippen molar-refractivity contribution in [3.05, 3.63) is 48.5 Å². The lowest BCUT2D eigenvalue weighted by Crippen LogP contribution is -2.37. The highest BCUT2D eigenvalue weighted by Gasteiger charge is 2.40. The summed E-state index contributed by atoms with van der Waals surface area (Å²) in [6.45, 7) is 1.83. The fourth-order valence-electron chi connectivity index (χ4n) is 3.17. The molecule has 4 heteroatoms. The fraction of sp³-hybridized carbons (Fsp3) is 0.471. The molecule has 1 aromatic carbocycles. The molecule has 4 nitrogen and oxygen atoms in total. The van der Waals surface area contributed by atoms with E-state index in [0.717, 1.165) is 31.2 Å². The normalized spacial score (nSPS) is 25.3. The Morgan fingerprint density at radius 3 is 2.76 bits per heavy atom. The first-order chi connectivity index (χ1) is 10.4. The monoisotopic (exact) mass is 283 g/mol. The van der Waals surface area contributed by atoms with Gasteiger partial charge in [0.05, 0.1) is 12.4 Å². The van der Waals surface area contributed by atoms with Gasteiger partial charge in [0.1, 0.15) is 0 Å². The van der Waals surface area contributed by atoms with Crippen molar-refractivity contribution >= 4 is 0 Å². The van der Waals surface area contributed by atoms with Crippen molar-refractivity contribution in [2.45, 2.75) is 38.0 Å². The number of nitrogens with zero attached hydrogens (tertiary/aromatic N) is 2. The number of aromatic nitrogens is 2. The van der Waals surface area contributed by atoms with Crippen molar-refractivity contribution in [2.24, 2.45) is 5.92 Å². The largest absolute Gasteiger partial charge is 0.376 e. The maximum absolute atomic E-state index is 5.87. The van der Waals surface area contributed by atoms with E-state index in [-0.39, 0.29) is 0 Å². The van der Waals surface area contributed by atoms with Gasteiger partial charge in [-0.15, -0.1) is 0 Å². The predicted molar refractivity (Wildman–Crippen MR) is 81.3 cm³/mol. The molecule has 2 unspecified atom stereocenters. The van der Waals surface area contributed by atoms with Crippen LogP contribution in [-0.2, 0) is 11.3 Å². The topological polar surface area (TPSA) is 39.1 Å². The highest BCUT2D eigenvalue weighted by molar-refractivity contribution is 5.34. The van der Waals surface area contributed by atoms with Gasteiger partial charge in [0.2, 0.25) is 0 Å². The van der Waals surface area contributed by atoms with Gasteiger partial charge in [-0.05, 0) is 42.9 Å². The zero-order chi connectivity index (χ0) is 14.1. The Morgan fingerprint density at radius 1 is 1.19 bits per heavy atom. The van der Waals surface area contributed by atoms with Gasteiger partial charge in [0.25, 0.3) is 0 Å². The van der Waals surface area contributed by atoms with Crippen LogP contribution in [0.3, 0.4) is 0 Å². The van der Waals surface area contributed by atoms with E-state index in [9.17, 15) is 0 Å². The van der Waals surface area contributed by atoms with E-state index < -0.39 is 0 Å². The van der Waals surface area contributed by atoms with Gasteiger partial charge >= 0.3 is 0 Å². The van der Waals surface area contributed by atoms with Crippen LogP contribution < -0.4 is 5.32 Å². The van der Waals surface area contributed by atoms with E-state index in [1.54, 1.807) is 6.20 Å². The Kier molecular flexibility index (Phi) is 3.49. The second-order valence-electron chi connectivity index (χ2n) is 6.09. The lowest BCUT2D eigenvalue weighted by Gasteiger charge is -2.19. The SMILES string of the molecule is c1cn(-c2ccc(CNC3CCOC3C3CC3)cc2)cn1. The number of rotatable bonds is 5. The molecular weight excluding hydrogens is 262 g/mol. The molecule has 2 aromatic rings. The molecule has 110 valence electrons. The van der Waals surface area contributed by atoms with Gasteiger partial charge in [0.15, 0.2) is 0 Å². The molecular formula is C17H21N3O.